The molecule has 1 aliphatic heterocycles. The normalized spacial score (nSPS) is 17.3. The number of aliphatic hydroxyl groups excluding tert-OH is 1. The van der Waals surface area contributed by atoms with Crippen molar-refractivity contribution >= 4 is 28.7 Å². The maximum absolute atomic E-state index is 12.6. The van der Waals surface area contributed by atoms with E-state index in [0.717, 1.165) is 30.9 Å². The highest BCUT2D eigenvalue weighted by Crippen LogP contribution is 2.24. The van der Waals surface area contributed by atoms with Crippen LogP contribution in [-0.4, -0.2) is 61.1 Å². The molecule has 6 N–H and O–H groups in total. The summed E-state index contributed by atoms with van der Waals surface area (Å²) in [5.41, 5.74) is 8.91. The Bertz CT molecular complexity index is 965. The Morgan fingerprint density at radius 1 is 1.19 bits per heavy atom. The standard InChI is InChI=1S/C24H32N6O2/c1-16(25)14-22(26)24(32)28-18-6-4-17(5-7-18)23(31)27-19-8-10-20(11-9-19)30-13-12-21(15-30)29(2)3/h4-11,14,21,24,26,28,32H,12-13,15,25H2,1-3H3,(H,27,31)/b16-14-,26-22?. The molecule has 170 valence electrons. The predicted molar refractivity (Wildman–Crippen MR) is 130 cm³/mol. The number of nitrogens with zero attached hydrogens (tertiary/aromatic N) is 2. The molecule has 2 unspecified atom stereocenters. The van der Waals surface area contributed by atoms with Crippen molar-refractivity contribution in [2.24, 2.45) is 5.73 Å². The van der Waals surface area contributed by atoms with Gasteiger partial charge in [-0.25, -0.2) is 0 Å². The summed E-state index contributed by atoms with van der Waals surface area (Å²) in [6, 6.07) is 15.2. The van der Waals surface area contributed by atoms with Crippen LogP contribution in [0.2, 0.25) is 0 Å². The van der Waals surface area contributed by atoms with Crippen molar-refractivity contribution in [2.45, 2.75) is 25.6 Å². The Kier molecular flexibility index (Phi) is 7.50. The summed E-state index contributed by atoms with van der Waals surface area (Å²) >= 11 is 0. The molecule has 1 fully saturated rings. The number of aliphatic hydroxyl groups is 1. The van der Waals surface area contributed by atoms with Crippen LogP contribution in [0.25, 0.3) is 0 Å². The minimum atomic E-state index is -1.18. The number of hydrogen-bond donors (Lipinski definition) is 5. The molecule has 0 bridgehead atoms. The molecule has 0 saturated carbocycles. The molecule has 0 aliphatic carbocycles. The summed E-state index contributed by atoms with van der Waals surface area (Å²) in [6.45, 7) is 3.69. The Hall–Kier alpha value is -3.36. The van der Waals surface area contributed by atoms with E-state index < -0.39 is 6.23 Å². The molecule has 32 heavy (non-hydrogen) atoms. The van der Waals surface area contributed by atoms with Crippen LogP contribution in [0, 0.1) is 5.41 Å². The van der Waals surface area contributed by atoms with E-state index in [1.165, 1.54) is 6.08 Å². The van der Waals surface area contributed by atoms with Gasteiger partial charge in [-0.3, -0.25) is 4.79 Å². The van der Waals surface area contributed by atoms with Gasteiger partial charge in [0.1, 0.15) is 0 Å². The first-order chi connectivity index (χ1) is 15.2. The van der Waals surface area contributed by atoms with Gasteiger partial charge in [-0.15, -0.1) is 0 Å². The maximum Gasteiger partial charge on any atom is 0.255 e. The molecular weight excluding hydrogens is 404 g/mol. The second kappa shape index (κ2) is 10.3. The molecule has 8 heteroatoms. The van der Waals surface area contributed by atoms with Crippen LogP contribution in [0.5, 0.6) is 0 Å². The third-order valence-electron chi connectivity index (χ3n) is 5.51. The lowest BCUT2D eigenvalue weighted by Crippen LogP contribution is -2.31. The zero-order valence-electron chi connectivity index (χ0n) is 18.8. The van der Waals surface area contributed by atoms with Crippen molar-refractivity contribution in [3.8, 4) is 0 Å². The fourth-order valence-corrected chi connectivity index (χ4v) is 3.63. The number of nitrogens with one attached hydrogen (secondary N) is 3. The number of anilines is 3. The fourth-order valence-electron chi connectivity index (χ4n) is 3.63. The minimum Gasteiger partial charge on any atom is -0.402 e. The van der Waals surface area contributed by atoms with E-state index in [-0.39, 0.29) is 11.6 Å². The number of hydrogen-bond acceptors (Lipinski definition) is 7. The van der Waals surface area contributed by atoms with Crippen LogP contribution in [-0.2, 0) is 0 Å². The SMILES string of the molecule is C/C(N)=C/C(=N)C(O)Nc1ccc(C(=O)Nc2ccc(N3CCC(N(C)C)C3)cc2)cc1. The molecule has 1 amide bonds. The van der Waals surface area contributed by atoms with Crippen molar-refractivity contribution in [3.63, 3.8) is 0 Å². The molecule has 2 aromatic rings. The molecule has 0 aromatic heterocycles. The van der Waals surface area contributed by atoms with Gasteiger partial charge in [-0.2, -0.15) is 0 Å². The van der Waals surface area contributed by atoms with Gasteiger partial charge in [0.2, 0.25) is 0 Å². The van der Waals surface area contributed by atoms with Gasteiger partial charge < -0.3 is 36.7 Å². The number of benzene rings is 2. The number of allylic oxidation sites excluding steroid dienone is 1. The monoisotopic (exact) mass is 436 g/mol. The largest absolute Gasteiger partial charge is 0.402 e. The summed E-state index contributed by atoms with van der Waals surface area (Å²) in [4.78, 5) is 17.2. The highest BCUT2D eigenvalue weighted by molar-refractivity contribution is 6.04. The number of carbonyl (C=O) groups is 1. The van der Waals surface area contributed by atoms with Crippen LogP contribution in [0.15, 0.2) is 60.3 Å². The first-order valence-electron chi connectivity index (χ1n) is 10.6. The zero-order chi connectivity index (χ0) is 23.3. The summed E-state index contributed by atoms with van der Waals surface area (Å²) in [5, 5.41) is 23.5. The van der Waals surface area contributed by atoms with E-state index in [1.54, 1.807) is 31.2 Å². The van der Waals surface area contributed by atoms with Gasteiger partial charge in [0.15, 0.2) is 6.23 Å². The molecule has 2 atom stereocenters. The second-order valence-corrected chi connectivity index (χ2v) is 8.32. The molecule has 2 aromatic carbocycles. The Morgan fingerprint density at radius 3 is 2.38 bits per heavy atom. The highest BCUT2D eigenvalue weighted by Gasteiger charge is 2.24. The lowest BCUT2D eigenvalue weighted by atomic mass is 10.1. The van der Waals surface area contributed by atoms with Crippen LogP contribution in [0.3, 0.4) is 0 Å². The lowest BCUT2D eigenvalue weighted by molar-refractivity contribution is 0.102. The van der Waals surface area contributed by atoms with Crippen molar-refractivity contribution in [2.75, 3.05) is 42.7 Å². The van der Waals surface area contributed by atoms with Gasteiger partial charge in [-0.1, -0.05) is 0 Å². The summed E-state index contributed by atoms with van der Waals surface area (Å²) < 4.78 is 0. The smallest absolute Gasteiger partial charge is 0.255 e. The number of nitrogens with two attached hydrogens (primary N) is 1. The predicted octanol–water partition coefficient (Wildman–Crippen LogP) is 2.69. The fraction of sp³-hybridized carbons (Fsp3) is 0.333. The highest BCUT2D eigenvalue weighted by atomic mass is 16.3. The van der Waals surface area contributed by atoms with Crippen LogP contribution < -0.4 is 21.3 Å². The Labute approximate surface area is 189 Å². The third kappa shape index (κ3) is 6.09. The molecule has 3 rings (SSSR count). The average Bonchev–Trinajstić information content (AvgIpc) is 3.25. The van der Waals surface area contributed by atoms with E-state index in [0.29, 0.717) is 23.0 Å². The van der Waals surface area contributed by atoms with Gasteiger partial charge in [-0.05, 0) is 82.0 Å². The maximum atomic E-state index is 12.6. The van der Waals surface area contributed by atoms with Gasteiger partial charge in [0.25, 0.3) is 5.91 Å². The van der Waals surface area contributed by atoms with Crippen molar-refractivity contribution in [3.05, 3.63) is 65.9 Å². The van der Waals surface area contributed by atoms with Crippen LogP contribution in [0.1, 0.15) is 23.7 Å². The van der Waals surface area contributed by atoms with E-state index in [1.807, 2.05) is 24.3 Å². The number of rotatable bonds is 8. The Morgan fingerprint density at radius 2 is 1.81 bits per heavy atom. The van der Waals surface area contributed by atoms with E-state index >= 15 is 0 Å². The van der Waals surface area contributed by atoms with E-state index in [9.17, 15) is 9.90 Å². The minimum absolute atomic E-state index is 0.0403. The quantitative estimate of drug-likeness (QED) is 0.321. The third-order valence-corrected chi connectivity index (χ3v) is 5.51. The van der Waals surface area contributed by atoms with Crippen LogP contribution >= 0.6 is 0 Å². The number of carbonyl (C=O) groups excluding carboxylic acids is 1. The van der Waals surface area contributed by atoms with E-state index in [2.05, 4.69) is 34.5 Å². The number of likely N-dealkylation sites (N-methyl/N-ethyl adjacent to an activating group) is 1. The molecule has 1 heterocycles. The summed E-state index contributed by atoms with van der Waals surface area (Å²) in [5.74, 6) is -0.215. The van der Waals surface area contributed by atoms with Gasteiger partial charge >= 0.3 is 0 Å². The second-order valence-electron chi connectivity index (χ2n) is 8.32. The number of amides is 1. The van der Waals surface area contributed by atoms with Crippen LogP contribution in [0.4, 0.5) is 17.1 Å². The van der Waals surface area contributed by atoms with Crippen molar-refractivity contribution in [1.29, 1.82) is 5.41 Å². The molecule has 0 spiro atoms. The molecule has 0 radical (unpaired) electrons. The van der Waals surface area contributed by atoms with E-state index in [4.69, 9.17) is 11.1 Å². The average molecular weight is 437 g/mol. The lowest BCUT2D eigenvalue weighted by Gasteiger charge is -2.22. The van der Waals surface area contributed by atoms with Crippen molar-refractivity contribution < 1.29 is 9.90 Å². The topological polar surface area (TPSA) is 118 Å². The molecule has 1 saturated heterocycles. The first kappa shape index (κ1) is 23.3. The molecular formula is C24H32N6O2. The van der Waals surface area contributed by atoms with Gasteiger partial charge in [0, 0.05) is 47.5 Å². The van der Waals surface area contributed by atoms with Gasteiger partial charge in [0.05, 0.1) is 5.71 Å². The zero-order valence-corrected chi connectivity index (χ0v) is 18.8. The molecule has 8 nitrogen and oxygen atoms in total. The Balaban J connectivity index is 1.55. The van der Waals surface area contributed by atoms with Crippen molar-refractivity contribution in [1.82, 2.24) is 4.90 Å². The summed E-state index contributed by atoms with van der Waals surface area (Å²) in [6.07, 6.45) is 1.35. The first-order valence-corrected chi connectivity index (χ1v) is 10.6. The summed E-state index contributed by atoms with van der Waals surface area (Å²) in [7, 11) is 4.23. The molecule has 1 aliphatic rings.